The maximum atomic E-state index is 13.0. The normalized spacial score (nSPS) is 11.3. The maximum absolute atomic E-state index is 13.0. The van der Waals surface area contributed by atoms with E-state index in [2.05, 4.69) is 0 Å². The van der Waals surface area contributed by atoms with Crippen molar-refractivity contribution in [2.24, 2.45) is 0 Å². The van der Waals surface area contributed by atoms with E-state index in [1.165, 1.54) is 10.4 Å². The molecule has 23 heavy (non-hydrogen) atoms. The zero-order valence-electron chi connectivity index (χ0n) is 13.0. The van der Waals surface area contributed by atoms with Crippen molar-refractivity contribution in [1.29, 1.82) is 0 Å². The third-order valence-electron chi connectivity index (χ3n) is 3.42. The van der Waals surface area contributed by atoms with Gasteiger partial charge in [0.2, 0.25) is 0 Å². The van der Waals surface area contributed by atoms with E-state index in [0.29, 0.717) is 21.5 Å². The van der Waals surface area contributed by atoms with Gasteiger partial charge in [-0.25, -0.2) is 8.42 Å². The molecule has 2 aromatic rings. The molecular weight excluding hydrogens is 357 g/mol. The van der Waals surface area contributed by atoms with Crippen LogP contribution in [0.4, 0.5) is 5.69 Å². The molecule has 0 amide bonds. The SMILES string of the molecule is CCN(c1cc(Cl)ccc1Cl)S(=O)(=O)c1ccc(OC)c(C)c1. The molecule has 0 aliphatic rings. The van der Waals surface area contributed by atoms with Gasteiger partial charge in [-0.1, -0.05) is 23.2 Å². The number of benzene rings is 2. The van der Waals surface area contributed by atoms with Crippen LogP contribution < -0.4 is 9.04 Å². The Kier molecular flexibility index (Phi) is 5.45. The van der Waals surface area contributed by atoms with E-state index in [4.69, 9.17) is 27.9 Å². The van der Waals surface area contributed by atoms with Crippen molar-refractivity contribution >= 4 is 38.9 Å². The molecule has 7 heteroatoms. The Balaban J connectivity index is 2.55. The van der Waals surface area contributed by atoms with Crippen molar-refractivity contribution < 1.29 is 13.2 Å². The number of aryl methyl sites for hydroxylation is 1. The first-order valence-electron chi connectivity index (χ1n) is 6.93. The molecule has 124 valence electrons. The fourth-order valence-electron chi connectivity index (χ4n) is 2.29. The molecule has 0 fully saturated rings. The highest BCUT2D eigenvalue weighted by atomic mass is 35.5. The van der Waals surface area contributed by atoms with Crippen molar-refractivity contribution in [3.8, 4) is 5.75 Å². The Bertz CT molecular complexity index is 822. The molecule has 0 saturated heterocycles. The quantitative estimate of drug-likeness (QED) is 0.773. The minimum atomic E-state index is -3.76. The molecule has 0 aliphatic heterocycles. The molecule has 0 saturated carbocycles. The van der Waals surface area contributed by atoms with Crippen LogP contribution in [0.15, 0.2) is 41.3 Å². The number of sulfonamides is 1. The van der Waals surface area contributed by atoms with Gasteiger partial charge in [-0.2, -0.15) is 0 Å². The number of methoxy groups -OCH3 is 1. The Morgan fingerprint density at radius 1 is 1.13 bits per heavy atom. The monoisotopic (exact) mass is 373 g/mol. The van der Waals surface area contributed by atoms with Gasteiger partial charge in [0.15, 0.2) is 0 Å². The number of ether oxygens (including phenoxy) is 1. The summed E-state index contributed by atoms with van der Waals surface area (Å²) in [5.74, 6) is 0.632. The van der Waals surface area contributed by atoms with Crippen molar-refractivity contribution in [3.63, 3.8) is 0 Å². The van der Waals surface area contributed by atoms with Crippen LogP contribution in [-0.2, 0) is 10.0 Å². The van der Waals surface area contributed by atoms with E-state index >= 15 is 0 Å². The molecule has 2 aromatic carbocycles. The molecule has 0 aliphatic carbocycles. The number of anilines is 1. The summed E-state index contributed by atoms with van der Waals surface area (Å²) in [5.41, 5.74) is 1.09. The van der Waals surface area contributed by atoms with Gasteiger partial charge in [-0.15, -0.1) is 0 Å². The van der Waals surface area contributed by atoms with Crippen LogP contribution >= 0.6 is 23.2 Å². The Morgan fingerprint density at radius 3 is 2.39 bits per heavy atom. The second kappa shape index (κ2) is 6.99. The smallest absolute Gasteiger partial charge is 0.264 e. The summed E-state index contributed by atoms with van der Waals surface area (Å²) < 4.78 is 32.3. The van der Waals surface area contributed by atoms with Crippen LogP contribution in [0, 0.1) is 6.92 Å². The van der Waals surface area contributed by atoms with Crippen molar-refractivity contribution in [2.45, 2.75) is 18.7 Å². The van der Waals surface area contributed by atoms with E-state index in [-0.39, 0.29) is 11.4 Å². The highest BCUT2D eigenvalue weighted by molar-refractivity contribution is 7.92. The van der Waals surface area contributed by atoms with Crippen molar-refractivity contribution in [2.75, 3.05) is 18.0 Å². The van der Waals surface area contributed by atoms with E-state index < -0.39 is 10.0 Å². The molecule has 0 N–H and O–H groups in total. The number of hydrogen-bond acceptors (Lipinski definition) is 3. The maximum Gasteiger partial charge on any atom is 0.264 e. The topological polar surface area (TPSA) is 46.6 Å². The highest BCUT2D eigenvalue weighted by Gasteiger charge is 2.26. The summed E-state index contributed by atoms with van der Waals surface area (Å²) >= 11 is 12.1. The zero-order valence-corrected chi connectivity index (χ0v) is 15.3. The van der Waals surface area contributed by atoms with E-state index in [1.54, 1.807) is 51.3 Å². The summed E-state index contributed by atoms with van der Waals surface area (Å²) in [6, 6.07) is 9.47. The summed E-state index contributed by atoms with van der Waals surface area (Å²) in [4.78, 5) is 0.175. The summed E-state index contributed by atoms with van der Waals surface area (Å²) in [5, 5.41) is 0.744. The summed E-state index contributed by atoms with van der Waals surface area (Å²) in [7, 11) is -2.21. The average molecular weight is 374 g/mol. The van der Waals surface area contributed by atoms with Gasteiger partial charge in [0.05, 0.1) is 22.7 Å². The van der Waals surface area contributed by atoms with Crippen molar-refractivity contribution in [3.05, 3.63) is 52.0 Å². The molecule has 0 aromatic heterocycles. The van der Waals surface area contributed by atoms with Crippen LogP contribution in [0.3, 0.4) is 0 Å². The average Bonchev–Trinajstić information content (AvgIpc) is 2.51. The second-order valence-electron chi connectivity index (χ2n) is 4.90. The predicted molar refractivity (Wildman–Crippen MR) is 94.4 cm³/mol. The lowest BCUT2D eigenvalue weighted by atomic mass is 10.2. The lowest BCUT2D eigenvalue weighted by Gasteiger charge is -2.24. The molecule has 0 bridgehead atoms. The third kappa shape index (κ3) is 3.57. The predicted octanol–water partition coefficient (Wildman–Crippen LogP) is 4.53. The largest absolute Gasteiger partial charge is 0.496 e. The number of hydrogen-bond donors (Lipinski definition) is 0. The molecule has 2 rings (SSSR count). The Hall–Kier alpha value is -1.43. The van der Waals surface area contributed by atoms with Crippen LogP contribution in [0.1, 0.15) is 12.5 Å². The van der Waals surface area contributed by atoms with E-state index in [9.17, 15) is 8.42 Å². The van der Waals surface area contributed by atoms with Gasteiger partial charge in [0.25, 0.3) is 10.0 Å². The standard InChI is InChI=1S/C16H17Cl2NO3S/c1-4-19(15-10-12(17)5-7-14(15)18)23(20,21)13-6-8-16(22-3)11(2)9-13/h5-10H,4H2,1-3H3. The fraction of sp³-hybridized carbons (Fsp3) is 0.250. The molecular formula is C16H17Cl2NO3S. The molecule has 0 spiro atoms. The fourth-order valence-corrected chi connectivity index (χ4v) is 4.29. The van der Waals surface area contributed by atoms with Crippen LogP contribution in [-0.4, -0.2) is 22.1 Å². The minimum Gasteiger partial charge on any atom is -0.496 e. The van der Waals surface area contributed by atoms with Crippen molar-refractivity contribution in [1.82, 2.24) is 0 Å². The highest BCUT2D eigenvalue weighted by Crippen LogP contribution is 2.33. The van der Waals surface area contributed by atoms with Gasteiger partial charge < -0.3 is 4.74 Å². The van der Waals surface area contributed by atoms with Crippen LogP contribution in [0.25, 0.3) is 0 Å². The number of halogens is 2. The summed E-state index contributed by atoms with van der Waals surface area (Å²) in [6.07, 6.45) is 0. The van der Waals surface area contributed by atoms with Gasteiger partial charge in [0, 0.05) is 11.6 Å². The first kappa shape index (κ1) is 17.9. The molecule has 0 unspecified atom stereocenters. The molecule has 0 heterocycles. The third-order valence-corrected chi connectivity index (χ3v) is 5.86. The second-order valence-corrected chi connectivity index (χ2v) is 7.60. The van der Waals surface area contributed by atoms with E-state index in [0.717, 1.165) is 5.56 Å². The van der Waals surface area contributed by atoms with Crippen LogP contribution in [0.5, 0.6) is 5.75 Å². The molecule has 4 nitrogen and oxygen atoms in total. The minimum absolute atomic E-state index is 0.175. The summed E-state index contributed by atoms with van der Waals surface area (Å²) in [6.45, 7) is 3.76. The molecule has 0 radical (unpaired) electrons. The van der Waals surface area contributed by atoms with Gasteiger partial charge in [-0.3, -0.25) is 4.31 Å². The number of nitrogens with zero attached hydrogens (tertiary/aromatic N) is 1. The zero-order chi connectivity index (χ0) is 17.2. The van der Waals surface area contributed by atoms with Gasteiger partial charge in [-0.05, 0) is 55.8 Å². The van der Waals surface area contributed by atoms with Crippen LogP contribution in [0.2, 0.25) is 10.0 Å². The number of rotatable bonds is 5. The lowest BCUT2D eigenvalue weighted by Crippen LogP contribution is -2.31. The Morgan fingerprint density at radius 2 is 1.83 bits per heavy atom. The first-order valence-corrected chi connectivity index (χ1v) is 9.13. The van der Waals surface area contributed by atoms with Gasteiger partial charge >= 0.3 is 0 Å². The van der Waals surface area contributed by atoms with E-state index in [1.807, 2.05) is 0 Å². The molecule has 0 atom stereocenters. The lowest BCUT2D eigenvalue weighted by molar-refractivity contribution is 0.411. The Labute approximate surface area is 146 Å². The van der Waals surface area contributed by atoms with Gasteiger partial charge in [0.1, 0.15) is 5.75 Å². The first-order chi connectivity index (χ1) is 10.8.